The summed E-state index contributed by atoms with van der Waals surface area (Å²) in [5.41, 5.74) is 9.38. The molecular formula is C25H34FN4O3Tl. The van der Waals surface area contributed by atoms with Crippen LogP contribution in [-0.4, -0.2) is 85.3 Å². The van der Waals surface area contributed by atoms with E-state index in [4.69, 9.17) is 15.2 Å². The molecule has 2 aromatic rings. The Hall–Kier alpha value is -1.37. The van der Waals surface area contributed by atoms with Crippen LogP contribution in [0.5, 0.6) is 0 Å². The van der Waals surface area contributed by atoms with E-state index in [0.717, 1.165) is 37.8 Å². The fraction of sp³-hybridized carbons (Fsp3) is 0.600. The van der Waals surface area contributed by atoms with Crippen molar-refractivity contribution in [1.29, 1.82) is 0 Å². The van der Waals surface area contributed by atoms with Gasteiger partial charge in [0.1, 0.15) is 6.54 Å². The Kier molecular flexibility index (Phi) is 9.11. The Balaban J connectivity index is 1.27. The van der Waals surface area contributed by atoms with Gasteiger partial charge in [0.25, 0.3) is 0 Å². The monoisotopic (exact) mass is 662 g/mol. The van der Waals surface area contributed by atoms with Gasteiger partial charge in [-0.3, -0.25) is 9.48 Å². The molecule has 34 heavy (non-hydrogen) atoms. The average Bonchev–Trinajstić information content (AvgIpc) is 3.22. The first-order valence-electron chi connectivity index (χ1n) is 12.3. The molecule has 7 nitrogen and oxygen atoms in total. The minimum atomic E-state index is -0.358. The number of nitrogens with two attached hydrogens (primary N) is 1. The Labute approximate surface area is 216 Å². The van der Waals surface area contributed by atoms with Crippen LogP contribution >= 0.6 is 0 Å². The van der Waals surface area contributed by atoms with Gasteiger partial charge in [-0.25, -0.2) is 0 Å². The van der Waals surface area contributed by atoms with Crippen LogP contribution in [0.2, 0.25) is 0 Å². The standard InChI is InChI=1S/C25H34FN4O3.Tl/c1-2-23-19(15-28-30(23)16-24(31)29-10-12-32-13-11-29)7-5-6-18-14-22(27)25(33-17-18)20-8-3-4-9-21(20)26;/h4,8-9,15,18,22,25H,2,5-7,10-14,16-17,27H2,1H3;/t18-,22+,25-;/m1./s1. The predicted molar refractivity (Wildman–Crippen MR) is 129 cm³/mol. The molecule has 2 aliphatic rings. The van der Waals surface area contributed by atoms with Crippen molar-refractivity contribution in [3.63, 3.8) is 0 Å². The number of carbonyl (C=O) groups excluding carboxylic acids is 1. The van der Waals surface area contributed by atoms with Crippen molar-refractivity contribution in [2.24, 2.45) is 11.7 Å². The van der Waals surface area contributed by atoms with E-state index in [-0.39, 0.29) is 30.4 Å². The van der Waals surface area contributed by atoms with Gasteiger partial charge < -0.3 is 9.64 Å². The number of rotatable bonds is 8. The van der Waals surface area contributed by atoms with Crippen LogP contribution in [0.15, 0.2) is 24.4 Å². The first-order valence-corrected chi connectivity index (χ1v) is 14.5. The maximum atomic E-state index is 14.3. The van der Waals surface area contributed by atoms with E-state index >= 15 is 0 Å². The molecule has 9 heteroatoms. The van der Waals surface area contributed by atoms with Gasteiger partial charge in [-0.15, -0.1) is 0 Å². The Morgan fingerprint density at radius 2 is 2.12 bits per heavy atom. The van der Waals surface area contributed by atoms with Crippen LogP contribution in [0.3, 0.4) is 0 Å². The number of aromatic nitrogens is 2. The van der Waals surface area contributed by atoms with Gasteiger partial charge in [0, 0.05) is 13.1 Å². The molecule has 2 saturated heterocycles. The van der Waals surface area contributed by atoms with Crippen LogP contribution in [0.4, 0.5) is 4.39 Å². The summed E-state index contributed by atoms with van der Waals surface area (Å²) in [4.78, 5) is 14.5. The molecule has 0 aliphatic carbocycles. The molecule has 2 N–H and O–H groups in total. The molecule has 1 amide bonds. The number of benzene rings is 1. The summed E-state index contributed by atoms with van der Waals surface area (Å²) in [6, 6.07) is 5.09. The molecule has 3 heterocycles. The molecule has 3 atom stereocenters. The van der Waals surface area contributed by atoms with Gasteiger partial charge in [0.05, 0.1) is 13.2 Å². The minimum Gasteiger partial charge on any atom is -0.378 e. The number of hydrogen-bond donors (Lipinski definition) is 1. The van der Waals surface area contributed by atoms with Crippen LogP contribution in [0.1, 0.15) is 49.1 Å². The molecule has 0 saturated carbocycles. The van der Waals surface area contributed by atoms with E-state index in [1.54, 1.807) is 0 Å². The van der Waals surface area contributed by atoms with Crippen molar-refractivity contribution in [2.45, 2.75) is 57.7 Å². The maximum absolute atomic E-state index is 14.3. The van der Waals surface area contributed by atoms with Crippen LogP contribution in [0.25, 0.3) is 0 Å². The molecule has 0 radical (unpaired) electrons. The average molecular weight is 662 g/mol. The van der Waals surface area contributed by atoms with E-state index in [2.05, 4.69) is 12.0 Å². The first kappa shape index (κ1) is 25.7. The molecule has 182 valence electrons. The molecule has 4 rings (SSSR count). The van der Waals surface area contributed by atoms with Crippen LogP contribution in [-0.2, 0) is 33.7 Å². The zero-order valence-electron chi connectivity index (χ0n) is 19.9. The van der Waals surface area contributed by atoms with E-state index in [0.29, 0.717) is 70.2 Å². The second-order valence-electron chi connectivity index (χ2n) is 9.31. The molecule has 0 spiro atoms. The number of nitrogens with zero attached hydrogens (tertiary/aromatic N) is 3. The summed E-state index contributed by atoms with van der Waals surface area (Å²) in [5.74, 6) is 0.251. The fourth-order valence-corrected chi connectivity index (χ4v) is 6.14. The Bertz CT molecular complexity index is 979. The van der Waals surface area contributed by atoms with Crippen molar-refractivity contribution in [2.75, 3.05) is 32.9 Å². The van der Waals surface area contributed by atoms with Crippen LogP contribution < -0.4 is 8.86 Å². The summed E-state index contributed by atoms with van der Waals surface area (Å²) < 4.78 is 28.8. The van der Waals surface area contributed by atoms with E-state index in [1.807, 2.05) is 27.9 Å². The van der Waals surface area contributed by atoms with Crippen molar-refractivity contribution >= 4 is 34.8 Å². The summed E-state index contributed by atoms with van der Waals surface area (Å²) in [6.07, 6.45) is 6.17. The summed E-state index contributed by atoms with van der Waals surface area (Å²) in [5, 5.41) is 4.52. The topological polar surface area (TPSA) is 82.6 Å². The fourth-order valence-electron chi connectivity index (χ4n) is 5.07. The number of hydrogen-bond acceptors (Lipinski definition) is 5. The number of halogens is 1. The normalized spacial score (nSPS) is 23.2. The first-order chi connectivity index (χ1) is 16.5. The zero-order chi connectivity index (χ0) is 24.1. The van der Waals surface area contributed by atoms with Crippen molar-refractivity contribution in [1.82, 2.24) is 14.7 Å². The molecule has 2 fully saturated rings. The number of ether oxygens (including phenoxy) is 2. The third-order valence-electron chi connectivity index (χ3n) is 6.91. The molecule has 2 aliphatic heterocycles. The number of carbonyl (C=O) groups is 1. The van der Waals surface area contributed by atoms with E-state index in [9.17, 15) is 9.18 Å². The quantitative estimate of drug-likeness (QED) is 0.436. The SMILES string of the molecule is CCc1c(CCC[C@H]2CO[C@H](c3c[c]([Tl])ccc3F)[C@@H](N)C2)cnn1CC(=O)N1CCOCC1. The van der Waals surface area contributed by atoms with Crippen molar-refractivity contribution < 1.29 is 18.7 Å². The molecule has 0 unspecified atom stereocenters. The second kappa shape index (κ2) is 12.0. The van der Waals surface area contributed by atoms with E-state index < -0.39 is 0 Å². The number of aryl methyl sites for hydroxylation is 1. The van der Waals surface area contributed by atoms with Gasteiger partial charge in [0.2, 0.25) is 5.91 Å². The summed E-state index contributed by atoms with van der Waals surface area (Å²) in [6.45, 7) is 5.52. The second-order valence-corrected chi connectivity index (χ2v) is 11.9. The van der Waals surface area contributed by atoms with Crippen molar-refractivity contribution in [3.05, 3.63) is 47.0 Å². The number of amides is 1. The third-order valence-corrected chi connectivity index (χ3v) is 8.31. The van der Waals surface area contributed by atoms with E-state index in [1.165, 1.54) is 14.8 Å². The van der Waals surface area contributed by atoms with Gasteiger partial charge in [-0.2, -0.15) is 5.10 Å². The van der Waals surface area contributed by atoms with Gasteiger partial charge in [-0.1, -0.05) is 6.92 Å². The smallest absolute Gasteiger partial charge is 0.378 e. The number of morpholine rings is 1. The van der Waals surface area contributed by atoms with Gasteiger partial charge >= 0.3 is 141 Å². The minimum absolute atomic E-state index is 0.100. The van der Waals surface area contributed by atoms with Crippen molar-refractivity contribution in [3.8, 4) is 0 Å². The van der Waals surface area contributed by atoms with Gasteiger partial charge in [0.15, 0.2) is 0 Å². The van der Waals surface area contributed by atoms with Crippen LogP contribution in [0, 0.1) is 11.7 Å². The molecular weight excluding hydrogens is 628 g/mol. The Morgan fingerprint density at radius 3 is 2.85 bits per heavy atom. The van der Waals surface area contributed by atoms with Gasteiger partial charge in [-0.05, 0) is 6.42 Å². The zero-order valence-corrected chi connectivity index (χ0v) is 24.4. The summed E-state index contributed by atoms with van der Waals surface area (Å²) in [7, 11) is 0. The molecule has 1 aromatic carbocycles. The molecule has 1 aromatic heterocycles. The summed E-state index contributed by atoms with van der Waals surface area (Å²) >= 11 is 0.659. The predicted octanol–water partition coefficient (Wildman–Crippen LogP) is 1.67. The third kappa shape index (κ3) is 6.24. The molecule has 0 bridgehead atoms. The Morgan fingerprint density at radius 1 is 1.32 bits per heavy atom.